The summed E-state index contributed by atoms with van der Waals surface area (Å²) >= 11 is 0. The molecule has 5 nitrogen and oxygen atoms in total. The third-order valence-corrected chi connectivity index (χ3v) is 4.81. The normalized spacial score (nSPS) is 18.3. The van der Waals surface area contributed by atoms with Crippen molar-refractivity contribution in [3.63, 3.8) is 0 Å². The van der Waals surface area contributed by atoms with E-state index in [0.717, 1.165) is 5.56 Å². The van der Waals surface area contributed by atoms with Crippen LogP contribution in [0.3, 0.4) is 0 Å². The fraction of sp³-hybridized carbons (Fsp3) is 0.333. The molecule has 26 heavy (non-hydrogen) atoms. The molecule has 0 bridgehead atoms. The van der Waals surface area contributed by atoms with Gasteiger partial charge in [0.15, 0.2) is 0 Å². The third kappa shape index (κ3) is 4.29. The van der Waals surface area contributed by atoms with Gasteiger partial charge in [-0.25, -0.2) is 0 Å². The molecule has 5 heteroatoms. The van der Waals surface area contributed by atoms with E-state index in [0.29, 0.717) is 13.0 Å². The number of hydrogen-bond acceptors (Lipinski definition) is 3. The lowest BCUT2D eigenvalue weighted by Gasteiger charge is -2.27. The SMILES string of the molecule is C[C@H](NC(=O)[C@@H]1Cc2ccccc2CN1)C(=O)N[C@@H](C)c1ccccc1. The Morgan fingerprint density at radius 1 is 0.962 bits per heavy atom. The van der Waals surface area contributed by atoms with Crippen LogP contribution in [0, 0.1) is 0 Å². The maximum atomic E-state index is 12.5. The summed E-state index contributed by atoms with van der Waals surface area (Å²) < 4.78 is 0. The number of nitrogens with one attached hydrogen (secondary N) is 3. The standard InChI is InChI=1S/C21H25N3O2/c1-14(16-8-4-3-5-9-16)23-20(25)15(2)24-21(26)19-12-17-10-6-7-11-18(17)13-22-19/h3-11,14-15,19,22H,12-13H2,1-2H3,(H,23,25)(H,24,26)/t14-,15-,19-/m0/s1. The Balaban J connectivity index is 1.53. The second kappa shape index (κ2) is 8.15. The molecule has 0 spiro atoms. The van der Waals surface area contributed by atoms with E-state index in [1.807, 2.05) is 55.5 Å². The molecule has 2 amide bonds. The minimum Gasteiger partial charge on any atom is -0.348 e. The van der Waals surface area contributed by atoms with Crippen molar-refractivity contribution in [2.75, 3.05) is 0 Å². The van der Waals surface area contributed by atoms with E-state index in [1.165, 1.54) is 11.1 Å². The van der Waals surface area contributed by atoms with E-state index in [1.54, 1.807) is 6.92 Å². The smallest absolute Gasteiger partial charge is 0.242 e. The molecule has 2 aromatic carbocycles. The number of carbonyl (C=O) groups is 2. The number of carbonyl (C=O) groups excluding carboxylic acids is 2. The second-order valence-electron chi connectivity index (χ2n) is 6.78. The van der Waals surface area contributed by atoms with Crippen molar-refractivity contribution < 1.29 is 9.59 Å². The maximum absolute atomic E-state index is 12.5. The van der Waals surface area contributed by atoms with Gasteiger partial charge in [-0.3, -0.25) is 9.59 Å². The van der Waals surface area contributed by atoms with Crippen molar-refractivity contribution in [3.8, 4) is 0 Å². The fourth-order valence-corrected chi connectivity index (χ4v) is 3.18. The van der Waals surface area contributed by atoms with Crippen molar-refractivity contribution in [1.29, 1.82) is 0 Å². The van der Waals surface area contributed by atoms with Gasteiger partial charge in [-0.2, -0.15) is 0 Å². The van der Waals surface area contributed by atoms with Crippen molar-refractivity contribution in [2.24, 2.45) is 0 Å². The summed E-state index contributed by atoms with van der Waals surface area (Å²) in [5, 5.41) is 9.01. The quantitative estimate of drug-likeness (QED) is 0.772. The summed E-state index contributed by atoms with van der Waals surface area (Å²) in [6.45, 7) is 4.31. The first kappa shape index (κ1) is 18.1. The Bertz CT molecular complexity index is 776. The first-order chi connectivity index (χ1) is 12.5. The molecule has 136 valence electrons. The summed E-state index contributed by atoms with van der Waals surface area (Å²) in [5.74, 6) is -0.333. The van der Waals surface area contributed by atoms with Crippen LogP contribution in [0.4, 0.5) is 0 Å². The van der Waals surface area contributed by atoms with E-state index < -0.39 is 6.04 Å². The Morgan fingerprint density at radius 3 is 2.35 bits per heavy atom. The zero-order valence-corrected chi connectivity index (χ0v) is 15.2. The number of benzene rings is 2. The lowest BCUT2D eigenvalue weighted by Crippen LogP contribution is -2.53. The summed E-state index contributed by atoms with van der Waals surface area (Å²) in [6.07, 6.45) is 0.636. The average Bonchev–Trinajstić information content (AvgIpc) is 2.68. The Kier molecular flexibility index (Phi) is 5.68. The summed E-state index contributed by atoms with van der Waals surface area (Å²) in [4.78, 5) is 24.9. The number of rotatable bonds is 5. The molecule has 3 rings (SSSR count). The lowest BCUT2D eigenvalue weighted by atomic mass is 9.95. The Labute approximate surface area is 154 Å². The van der Waals surface area contributed by atoms with E-state index >= 15 is 0 Å². The molecule has 0 fully saturated rings. The van der Waals surface area contributed by atoms with Gasteiger partial charge in [-0.15, -0.1) is 0 Å². The summed E-state index contributed by atoms with van der Waals surface area (Å²) in [6, 6.07) is 16.9. The third-order valence-electron chi connectivity index (χ3n) is 4.81. The molecule has 3 atom stereocenters. The van der Waals surface area contributed by atoms with Crippen molar-refractivity contribution in [3.05, 3.63) is 71.3 Å². The minimum absolute atomic E-state index is 0.109. The molecular formula is C21H25N3O2. The highest BCUT2D eigenvalue weighted by Crippen LogP contribution is 2.16. The largest absolute Gasteiger partial charge is 0.348 e. The van der Waals surface area contributed by atoms with Crippen molar-refractivity contribution in [2.45, 2.75) is 44.9 Å². The van der Waals surface area contributed by atoms with Crippen LogP contribution in [0.2, 0.25) is 0 Å². The Morgan fingerprint density at radius 2 is 1.62 bits per heavy atom. The van der Waals surface area contributed by atoms with E-state index in [4.69, 9.17) is 0 Å². The molecule has 0 aliphatic carbocycles. The molecule has 2 aromatic rings. The van der Waals surface area contributed by atoms with Crippen LogP contribution < -0.4 is 16.0 Å². The molecule has 0 radical (unpaired) electrons. The average molecular weight is 351 g/mol. The van der Waals surface area contributed by atoms with Crippen LogP contribution in [-0.2, 0) is 22.6 Å². The Hall–Kier alpha value is -2.66. The highest BCUT2D eigenvalue weighted by atomic mass is 16.2. The zero-order valence-electron chi connectivity index (χ0n) is 15.2. The van der Waals surface area contributed by atoms with Crippen LogP contribution in [-0.4, -0.2) is 23.9 Å². The fourth-order valence-electron chi connectivity index (χ4n) is 3.18. The van der Waals surface area contributed by atoms with Gasteiger partial charge in [0, 0.05) is 6.54 Å². The molecule has 1 aliphatic heterocycles. The van der Waals surface area contributed by atoms with Gasteiger partial charge < -0.3 is 16.0 Å². The highest BCUT2D eigenvalue weighted by Gasteiger charge is 2.26. The van der Waals surface area contributed by atoms with Gasteiger partial charge in [0.1, 0.15) is 6.04 Å². The highest BCUT2D eigenvalue weighted by molar-refractivity contribution is 5.90. The molecule has 1 aliphatic rings. The van der Waals surface area contributed by atoms with Crippen LogP contribution in [0.5, 0.6) is 0 Å². The molecule has 0 saturated heterocycles. The molecule has 0 aromatic heterocycles. The van der Waals surface area contributed by atoms with Gasteiger partial charge in [0.25, 0.3) is 0 Å². The van der Waals surface area contributed by atoms with Crippen LogP contribution in [0.15, 0.2) is 54.6 Å². The van der Waals surface area contributed by atoms with Gasteiger partial charge >= 0.3 is 0 Å². The molecule has 1 heterocycles. The minimum atomic E-state index is -0.590. The van der Waals surface area contributed by atoms with E-state index in [-0.39, 0.29) is 23.9 Å². The van der Waals surface area contributed by atoms with Crippen LogP contribution >= 0.6 is 0 Å². The topological polar surface area (TPSA) is 70.2 Å². The van der Waals surface area contributed by atoms with Crippen LogP contribution in [0.1, 0.15) is 36.6 Å². The predicted molar refractivity (Wildman–Crippen MR) is 101 cm³/mol. The van der Waals surface area contributed by atoms with Gasteiger partial charge in [0.05, 0.1) is 12.1 Å². The first-order valence-electron chi connectivity index (χ1n) is 9.00. The van der Waals surface area contributed by atoms with Crippen LogP contribution in [0.25, 0.3) is 0 Å². The van der Waals surface area contributed by atoms with E-state index in [2.05, 4.69) is 22.0 Å². The van der Waals surface area contributed by atoms with Gasteiger partial charge in [-0.1, -0.05) is 54.6 Å². The van der Waals surface area contributed by atoms with Crippen molar-refractivity contribution in [1.82, 2.24) is 16.0 Å². The van der Waals surface area contributed by atoms with E-state index in [9.17, 15) is 9.59 Å². The molecular weight excluding hydrogens is 326 g/mol. The zero-order chi connectivity index (χ0) is 18.5. The monoisotopic (exact) mass is 351 g/mol. The maximum Gasteiger partial charge on any atom is 0.242 e. The first-order valence-corrected chi connectivity index (χ1v) is 9.00. The second-order valence-corrected chi connectivity index (χ2v) is 6.78. The predicted octanol–water partition coefficient (Wildman–Crippen LogP) is 2.08. The van der Waals surface area contributed by atoms with Gasteiger partial charge in [-0.05, 0) is 37.0 Å². The van der Waals surface area contributed by atoms with Gasteiger partial charge in [0.2, 0.25) is 11.8 Å². The van der Waals surface area contributed by atoms with Crippen molar-refractivity contribution >= 4 is 11.8 Å². The number of hydrogen-bond donors (Lipinski definition) is 3. The number of fused-ring (bicyclic) bond motifs is 1. The molecule has 0 saturated carbocycles. The lowest BCUT2D eigenvalue weighted by molar-refractivity contribution is -0.130. The number of amides is 2. The molecule has 3 N–H and O–H groups in total. The summed E-state index contributed by atoms with van der Waals surface area (Å²) in [7, 11) is 0. The molecule has 0 unspecified atom stereocenters. The summed E-state index contributed by atoms with van der Waals surface area (Å²) in [5.41, 5.74) is 3.44.